The lowest BCUT2D eigenvalue weighted by Gasteiger charge is -2.38. The molecular weight excluding hydrogens is 532 g/mol. The van der Waals surface area contributed by atoms with Crippen LogP contribution in [0.1, 0.15) is 19.3 Å². The second-order valence-corrected chi connectivity index (χ2v) is 10.9. The van der Waals surface area contributed by atoms with Crippen molar-refractivity contribution in [2.24, 2.45) is 7.05 Å². The number of aromatic nitrogens is 3. The molecule has 1 saturated carbocycles. The number of benzene rings is 1. The number of aryl methyl sites for hydroxylation is 1. The van der Waals surface area contributed by atoms with Gasteiger partial charge in [-0.1, -0.05) is 18.0 Å². The van der Waals surface area contributed by atoms with Crippen molar-refractivity contribution in [2.75, 3.05) is 70.2 Å². The predicted molar refractivity (Wildman–Crippen MR) is 158 cm³/mol. The second kappa shape index (κ2) is 12.4. The first kappa shape index (κ1) is 28.1. The molecule has 40 heavy (non-hydrogen) atoms. The van der Waals surface area contributed by atoms with E-state index in [0.29, 0.717) is 16.8 Å². The third-order valence-electron chi connectivity index (χ3n) is 7.94. The first-order valence-corrected chi connectivity index (χ1v) is 14.1. The maximum atomic E-state index is 12.7. The normalized spacial score (nSPS) is 16.3. The molecule has 2 N–H and O–H groups in total. The number of fused-ring (bicyclic) bond motifs is 1. The lowest BCUT2D eigenvalue weighted by atomic mass is 9.92. The first-order valence-electron chi connectivity index (χ1n) is 13.8. The highest BCUT2D eigenvalue weighted by atomic mass is 35.5. The van der Waals surface area contributed by atoms with Gasteiger partial charge in [0.1, 0.15) is 5.02 Å². The smallest absolute Gasteiger partial charge is 0.293 e. The van der Waals surface area contributed by atoms with Crippen molar-refractivity contribution in [3.8, 4) is 5.75 Å². The molecule has 0 radical (unpaired) electrons. The third-order valence-corrected chi connectivity index (χ3v) is 8.22. The number of piperazine rings is 1. The molecule has 3 heterocycles. The number of amides is 1. The highest BCUT2D eigenvalue weighted by Gasteiger charge is 2.24. The van der Waals surface area contributed by atoms with Gasteiger partial charge in [-0.25, -0.2) is 4.98 Å². The van der Waals surface area contributed by atoms with Gasteiger partial charge in [-0.3, -0.25) is 14.5 Å². The summed E-state index contributed by atoms with van der Waals surface area (Å²) >= 11 is 6.47. The summed E-state index contributed by atoms with van der Waals surface area (Å²) in [5.74, 6) is 0.944. The van der Waals surface area contributed by atoms with Gasteiger partial charge in [0.05, 0.1) is 11.7 Å². The van der Waals surface area contributed by atoms with Crippen molar-refractivity contribution in [3.63, 3.8) is 0 Å². The Morgan fingerprint density at radius 1 is 1.20 bits per heavy atom. The number of carbonyl (C=O) groups excluding carboxylic acids is 1. The Bertz CT molecular complexity index is 1420. The summed E-state index contributed by atoms with van der Waals surface area (Å²) in [6.07, 6.45) is 5.66. The Hall–Kier alpha value is -3.41. The van der Waals surface area contributed by atoms with Crippen LogP contribution in [0.2, 0.25) is 5.02 Å². The fourth-order valence-electron chi connectivity index (χ4n) is 5.07. The van der Waals surface area contributed by atoms with Gasteiger partial charge in [0.25, 0.3) is 11.5 Å². The fourth-order valence-corrected chi connectivity index (χ4v) is 5.20. The molecule has 0 spiro atoms. The van der Waals surface area contributed by atoms with Gasteiger partial charge in [-0.05, 0) is 44.2 Å². The molecule has 5 rings (SSSR count). The Morgan fingerprint density at radius 2 is 1.98 bits per heavy atom. The van der Waals surface area contributed by atoms with Gasteiger partial charge in [-0.2, -0.15) is 4.98 Å². The molecule has 3 aromatic rings. The van der Waals surface area contributed by atoms with Gasteiger partial charge in [0.2, 0.25) is 5.95 Å². The van der Waals surface area contributed by atoms with Crippen LogP contribution in [0.5, 0.6) is 5.75 Å². The van der Waals surface area contributed by atoms with Crippen LogP contribution in [0, 0.1) is 0 Å². The molecule has 1 aromatic carbocycles. The van der Waals surface area contributed by atoms with E-state index in [1.807, 2.05) is 18.2 Å². The van der Waals surface area contributed by atoms with Crippen LogP contribution < -0.4 is 25.8 Å². The summed E-state index contributed by atoms with van der Waals surface area (Å²) in [5.41, 5.74) is 1.16. The number of carbonyl (C=O) groups is 1. The molecule has 0 bridgehead atoms. The van der Waals surface area contributed by atoms with Crippen molar-refractivity contribution >= 4 is 45.9 Å². The molecule has 0 unspecified atom stereocenters. The molecule has 0 atom stereocenters. The Kier molecular flexibility index (Phi) is 8.72. The van der Waals surface area contributed by atoms with Crippen molar-refractivity contribution in [1.82, 2.24) is 29.7 Å². The van der Waals surface area contributed by atoms with Gasteiger partial charge >= 0.3 is 0 Å². The summed E-state index contributed by atoms with van der Waals surface area (Å²) in [4.78, 5) is 40.7. The number of nitrogens with zero attached hydrogens (tertiary/aromatic N) is 6. The summed E-state index contributed by atoms with van der Waals surface area (Å²) < 4.78 is 6.97. The van der Waals surface area contributed by atoms with E-state index in [9.17, 15) is 9.59 Å². The van der Waals surface area contributed by atoms with Crippen molar-refractivity contribution in [3.05, 3.63) is 45.8 Å². The number of likely N-dealkylation sites (N-methyl/N-ethyl adjacent to an activating group) is 2. The zero-order chi connectivity index (χ0) is 28.2. The van der Waals surface area contributed by atoms with Crippen LogP contribution >= 0.6 is 11.6 Å². The van der Waals surface area contributed by atoms with Crippen molar-refractivity contribution in [2.45, 2.75) is 25.3 Å². The molecule has 1 aliphatic carbocycles. The van der Waals surface area contributed by atoms with Crippen LogP contribution in [0.15, 0.2) is 35.3 Å². The summed E-state index contributed by atoms with van der Waals surface area (Å²) in [6, 6.07) is 8.01. The SMILES string of the molecule is CNC(=O)COc1cc2cc(Nc3nc(N4CCN(CCN(C)C5CCC5)CC4)ncc3Cl)ccc2n(C)c1=O. The van der Waals surface area contributed by atoms with E-state index in [1.165, 1.54) is 30.9 Å². The van der Waals surface area contributed by atoms with E-state index in [0.717, 1.165) is 61.9 Å². The Labute approximate surface area is 239 Å². The van der Waals surface area contributed by atoms with Crippen LogP contribution in [-0.2, 0) is 11.8 Å². The number of ether oxygens (including phenoxy) is 1. The molecule has 12 heteroatoms. The largest absolute Gasteiger partial charge is 0.478 e. The number of hydrogen-bond donors (Lipinski definition) is 2. The predicted octanol–water partition coefficient (Wildman–Crippen LogP) is 2.46. The molecular formula is C28H37ClN8O3. The Balaban J connectivity index is 1.25. The van der Waals surface area contributed by atoms with Gasteiger partial charge in [0, 0.05) is 70.5 Å². The second-order valence-electron chi connectivity index (χ2n) is 10.5. The summed E-state index contributed by atoms with van der Waals surface area (Å²) in [7, 11) is 5.43. The maximum absolute atomic E-state index is 12.7. The van der Waals surface area contributed by atoms with Gasteiger partial charge < -0.3 is 29.7 Å². The number of pyridine rings is 1. The minimum atomic E-state index is -0.315. The van der Waals surface area contributed by atoms with Crippen LogP contribution in [0.3, 0.4) is 0 Å². The standard InChI is InChI=1S/C28H37ClN8O3/c1-30-25(38)18-40-24-16-19-15-20(7-8-23(19)35(3)27(24)39)32-26-22(29)17-31-28(33-26)37-13-11-36(12-14-37)10-9-34(2)21-5-4-6-21/h7-8,15-17,21H,4-6,9-14,18H2,1-3H3,(H,30,38)(H,31,32,33). The maximum Gasteiger partial charge on any atom is 0.293 e. The van der Waals surface area contributed by atoms with Gasteiger partial charge in [0.15, 0.2) is 18.2 Å². The summed E-state index contributed by atoms with van der Waals surface area (Å²) in [6.45, 7) is 5.62. The molecule has 1 saturated heterocycles. The Morgan fingerprint density at radius 3 is 2.67 bits per heavy atom. The monoisotopic (exact) mass is 568 g/mol. The average Bonchev–Trinajstić information content (AvgIpc) is 2.93. The lowest BCUT2D eigenvalue weighted by molar-refractivity contribution is -0.122. The number of anilines is 3. The van der Waals surface area contributed by atoms with Crippen LogP contribution in [0.25, 0.3) is 10.9 Å². The molecule has 1 aliphatic heterocycles. The topological polar surface area (TPSA) is 108 Å². The lowest BCUT2D eigenvalue weighted by Crippen LogP contribution is -2.50. The average molecular weight is 569 g/mol. The third kappa shape index (κ3) is 6.32. The molecule has 2 fully saturated rings. The van der Waals surface area contributed by atoms with Crippen molar-refractivity contribution < 1.29 is 9.53 Å². The number of halogens is 1. The molecule has 1 amide bonds. The summed E-state index contributed by atoms with van der Waals surface area (Å²) in [5, 5.41) is 6.96. The van der Waals surface area contributed by atoms with E-state index in [-0.39, 0.29) is 23.8 Å². The minimum Gasteiger partial charge on any atom is -0.478 e. The molecule has 214 valence electrons. The molecule has 2 aliphatic rings. The van der Waals surface area contributed by atoms with E-state index >= 15 is 0 Å². The first-order chi connectivity index (χ1) is 19.3. The quantitative estimate of drug-likeness (QED) is 0.381. The van der Waals surface area contributed by atoms with E-state index in [1.54, 1.807) is 19.3 Å². The number of hydrogen-bond acceptors (Lipinski definition) is 9. The zero-order valence-electron chi connectivity index (χ0n) is 23.3. The number of nitrogens with one attached hydrogen (secondary N) is 2. The molecule has 2 aromatic heterocycles. The van der Waals surface area contributed by atoms with Gasteiger partial charge in [-0.15, -0.1) is 0 Å². The van der Waals surface area contributed by atoms with E-state index in [4.69, 9.17) is 21.3 Å². The zero-order valence-corrected chi connectivity index (χ0v) is 24.1. The highest BCUT2D eigenvalue weighted by molar-refractivity contribution is 6.32. The van der Waals surface area contributed by atoms with Crippen LogP contribution in [-0.4, -0.2) is 96.3 Å². The number of rotatable bonds is 10. The highest BCUT2D eigenvalue weighted by Crippen LogP contribution is 2.28. The minimum absolute atomic E-state index is 0.104. The van der Waals surface area contributed by atoms with E-state index in [2.05, 4.69) is 37.4 Å². The van der Waals surface area contributed by atoms with Crippen molar-refractivity contribution in [1.29, 1.82) is 0 Å². The molecule has 11 nitrogen and oxygen atoms in total. The fraction of sp³-hybridized carbons (Fsp3) is 0.500. The van der Waals surface area contributed by atoms with Crippen LogP contribution in [0.4, 0.5) is 17.5 Å². The van der Waals surface area contributed by atoms with E-state index < -0.39 is 0 Å².